The van der Waals surface area contributed by atoms with Crippen LogP contribution < -0.4 is 4.52 Å². The molecule has 9 heavy (non-hydrogen) atoms. The Bertz CT molecular complexity index is 196. The Balaban J connectivity index is 2.58. The third kappa shape index (κ3) is 2.10. The first-order valence-corrected chi connectivity index (χ1v) is 4.22. The fourth-order valence-electron chi connectivity index (χ4n) is 0.394. The molecule has 0 fully saturated rings. The minimum atomic E-state index is -2.49. The van der Waals surface area contributed by atoms with Crippen molar-refractivity contribution < 1.29 is 14.0 Å². The summed E-state index contributed by atoms with van der Waals surface area (Å²) in [5, 5.41) is 3.43. The van der Waals surface area contributed by atoms with Crippen molar-refractivity contribution >= 4 is 19.6 Å². The van der Waals surface area contributed by atoms with E-state index in [2.05, 4.69) is 4.52 Å². The maximum absolute atomic E-state index is 10.00. The molecule has 3 nitrogen and oxygen atoms in total. The summed E-state index contributed by atoms with van der Waals surface area (Å²) in [5.41, 5.74) is 0. The summed E-state index contributed by atoms with van der Waals surface area (Å²) in [6.07, 6.45) is 0. The molecule has 1 rings (SSSR count). The van der Waals surface area contributed by atoms with Crippen LogP contribution in [-0.4, -0.2) is 4.89 Å². The van der Waals surface area contributed by atoms with Crippen LogP contribution in [0, 0.1) is 0 Å². The quantitative estimate of drug-likeness (QED) is 0.676. The summed E-state index contributed by atoms with van der Waals surface area (Å²) in [4.78, 5) is 8.22. The van der Waals surface area contributed by atoms with E-state index in [9.17, 15) is 4.57 Å². The summed E-state index contributed by atoms with van der Waals surface area (Å²) in [6, 6.07) is 1.63. The molecule has 1 heterocycles. The van der Waals surface area contributed by atoms with E-state index in [4.69, 9.17) is 4.89 Å². The van der Waals surface area contributed by atoms with Crippen molar-refractivity contribution in [1.29, 1.82) is 0 Å². The summed E-state index contributed by atoms with van der Waals surface area (Å²) < 4.78 is 14.4. The van der Waals surface area contributed by atoms with E-state index < -0.39 is 8.25 Å². The third-order valence-corrected chi connectivity index (χ3v) is 1.71. The van der Waals surface area contributed by atoms with Gasteiger partial charge in [-0.1, -0.05) is 0 Å². The van der Waals surface area contributed by atoms with E-state index >= 15 is 0 Å². The summed E-state index contributed by atoms with van der Waals surface area (Å²) in [5.74, 6) is 0.448. The maximum atomic E-state index is 10.00. The molecule has 0 saturated heterocycles. The van der Waals surface area contributed by atoms with Crippen LogP contribution in [0.15, 0.2) is 16.8 Å². The monoisotopic (exact) mass is 163 g/mol. The van der Waals surface area contributed by atoms with Crippen LogP contribution in [0.1, 0.15) is 0 Å². The third-order valence-electron chi connectivity index (χ3n) is 0.679. The van der Waals surface area contributed by atoms with Gasteiger partial charge in [-0.3, -0.25) is 0 Å². The Labute approximate surface area is 56.9 Å². The van der Waals surface area contributed by atoms with Crippen LogP contribution in [0.5, 0.6) is 5.75 Å². The number of rotatable bonds is 2. The van der Waals surface area contributed by atoms with Gasteiger partial charge in [0, 0.05) is 9.95 Å². The van der Waals surface area contributed by atoms with Gasteiger partial charge in [0.2, 0.25) is 5.75 Å². The molecular formula is C4H4O3PS+. The molecular weight excluding hydrogens is 159 g/mol. The lowest BCUT2D eigenvalue weighted by atomic mass is 10.6. The van der Waals surface area contributed by atoms with E-state index in [0.29, 0.717) is 5.75 Å². The first-order valence-electron chi connectivity index (χ1n) is 2.15. The van der Waals surface area contributed by atoms with E-state index in [1.165, 1.54) is 11.3 Å². The fraction of sp³-hybridized carbons (Fsp3) is 0. The Hall–Kier alpha value is -0.440. The zero-order valence-electron chi connectivity index (χ0n) is 4.35. The minimum absolute atomic E-state index is 0.448. The molecule has 1 N–H and O–H groups in total. The highest BCUT2D eigenvalue weighted by atomic mass is 32.1. The van der Waals surface area contributed by atoms with Gasteiger partial charge in [0.1, 0.15) is 0 Å². The van der Waals surface area contributed by atoms with Crippen LogP contribution in [0.3, 0.4) is 0 Å². The first kappa shape index (κ1) is 6.68. The molecule has 0 aliphatic heterocycles. The Morgan fingerprint density at radius 1 is 1.78 bits per heavy atom. The number of hydrogen-bond donors (Lipinski definition) is 1. The molecule has 5 heteroatoms. The Kier molecular flexibility index (Phi) is 2.16. The smallest absolute Gasteiger partial charge is 0.228 e. The van der Waals surface area contributed by atoms with Gasteiger partial charge >= 0.3 is 8.25 Å². The molecule has 1 aromatic heterocycles. The second-order valence-corrected chi connectivity index (χ2v) is 2.73. The van der Waals surface area contributed by atoms with Crippen molar-refractivity contribution in [2.45, 2.75) is 0 Å². The van der Waals surface area contributed by atoms with Crippen LogP contribution in [0.4, 0.5) is 0 Å². The molecule has 1 atom stereocenters. The Morgan fingerprint density at radius 3 is 3.00 bits per heavy atom. The molecule has 0 aromatic carbocycles. The number of hydrogen-bond acceptors (Lipinski definition) is 3. The molecule has 0 amide bonds. The van der Waals surface area contributed by atoms with E-state index in [1.54, 1.807) is 16.8 Å². The summed E-state index contributed by atoms with van der Waals surface area (Å²) in [6.45, 7) is 0. The summed E-state index contributed by atoms with van der Waals surface area (Å²) >= 11 is 1.42. The van der Waals surface area contributed by atoms with Crippen molar-refractivity contribution in [2.75, 3.05) is 0 Å². The molecule has 48 valence electrons. The average Bonchev–Trinajstić information content (AvgIpc) is 2.15. The largest absolute Gasteiger partial charge is 0.747 e. The highest BCUT2D eigenvalue weighted by Gasteiger charge is 2.13. The molecule has 0 saturated carbocycles. The van der Waals surface area contributed by atoms with Crippen molar-refractivity contribution in [3.63, 3.8) is 0 Å². The van der Waals surface area contributed by atoms with E-state index in [1.807, 2.05) is 0 Å². The van der Waals surface area contributed by atoms with Gasteiger partial charge in [-0.15, -0.1) is 16.2 Å². The normalized spacial score (nSPS) is 11.0. The van der Waals surface area contributed by atoms with Crippen molar-refractivity contribution in [1.82, 2.24) is 0 Å². The lowest BCUT2D eigenvalue weighted by Gasteiger charge is -1.76. The second kappa shape index (κ2) is 2.92. The van der Waals surface area contributed by atoms with Gasteiger partial charge in [0.25, 0.3) is 0 Å². The first-order chi connectivity index (χ1) is 4.29. The van der Waals surface area contributed by atoms with Gasteiger partial charge in [-0.25, -0.2) is 4.52 Å². The molecule has 0 bridgehead atoms. The lowest BCUT2D eigenvalue weighted by Crippen LogP contribution is -1.73. The topological polar surface area (TPSA) is 46.5 Å². The van der Waals surface area contributed by atoms with Gasteiger partial charge in [0.05, 0.1) is 0 Å². The van der Waals surface area contributed by atoms with Crippen LogP contribution >= 0.6 is 19.6 Å². The molecule has 0 spiro atoms. The van der Waals surface area contributed by atoms with Crippen molar-refractivity contribution in [3.05, 3.63) is 16.8 Å². The minimum Gasteiger partial charge on any atom is -0.228 e. The SMILES string of the molecule is O=[P+](O)Oc1ccsc1. The standard InChI is InChI=1S/C4H3O3PS/c5-8(6)7-4-1-2-9-3-4/h1-3H/p+1. The second-order valence-electron chi connectivity index (χ2n) is 1.29. The van der Waals surface area contributed by atoms with Crippen molar-refractivity contribution in [3.8, 4) is 5.75 Å². The molecule has 0 aliphatic rings. The average molecular weight is 163 g/mol. The molecule has 0 radical (unpaired) electrons. The molecule has 1 aromatic rings. The van der Waals surface area contributed by atoms with Crippen LogP contribution in [-0.2, 0) is 4.57 Å². The Morgan fingerprint density at radius 2 is 2.56 bits per heavy atom. The predicted molar refractivity (Wildman–Crippen MR) is 34.8 cm³/mol. The van der Waals surface area contributed by atoms with Gasteiger partial charge in [0.15, 0.2) is 0 Å². The highest BCUT2D eigenvalue weighted by Crippen LogP contribution is 2.24. The van der Waals surface area contributed by atoms with Crippen LogP contribution in [0.2, 0.25) is 0 Å². The van der Waals surface area contributed by atoms with Gasteiger partial charge in [-0.2, -0.15) is 0 Å². The number of thiophene rings is 1. The predicted octanol–water partition coefficient (Wildman–Crippen LogP) is 1.78. The zero-order valence-corrected chi connectivity index (χ0v) is 6.06. The zero-order chi connectivity index (χ0) is 6.69. The van der Waals surface area contributed by atoms with E-state index in [0.717, 1.165) is 0 Å². The maximum Gasteiger partial charge on any atom is 0.747 e. The fourth-order valence-corrected chi connectivity index (χ4v) is 1.31. The summed E-state index contributed by atoms with van der Waals surface area (Å²) in [7, 11) is -2.49. The van der Waals surface area contributed by atoms with Gasteiger partial charge < -0.3 is 0 Å². The van der Waals surface area contributed by atoms with E-state index in [-0.39, 0.29) is 0 Å². The lowest BCUT2D eigenvalue weighted by molar-refractivity contribution is 0.411. The highest BCUT2D eigenvalue weighted by molar-refractivity contribution is 7.32. The van der Waals surface area contributed by atoms with Gasteiger partial charge in [-0.05, 0) is 11.4 Å². The molecule has 0 aliphatic carbocycles. The van der Waals surface area contributed by atoms with Crippen LogP contribution in [0.25, 0.3) is 0 Å². The molecule has 1 unspecified atom stereocenters. The van der Waals surface area contributed by atoms with Crippen molar-refractivity contribution in [2.24, 2.45) is 0 Å².